The summed E-state index contributed by atoms with van der Waals surface area (Å²) in [6.07, 6.45) is 3.52. The van der Waals surface area contributed by atoms with Gasteiger partial charge in [-0.3, -0.25) is 19.3 Å². The molecule has 188 valence electrons. The summed E-state index contributed by atoms with van der Waals surface area (Å²) in [7, 11) is 1.70. The van der Waals surface area contributed by atoms with Gasteiger partial charge in [-0.2, -0.15) is 0 Å². The summed E-state index contributed by atoms with van der Waals surface area (Å²) < 4.78 is 30.5. The molecule has 5 rings (SSSR count). The van der Waals surface area contributed by atoms with Crippen LogP contribution in [0.4, 0.5) is 14.5 Å². The van der Waals surface area contributed by atoms with Gasteiger partial charge in [0.2, 0.25) is 5.62 Å². The predicted molar refractivity (Wildman–Crippen MR) is 134 cm³/mol. The number of para-hydroxylation sites is 1. The Balaban J connectivity index is 1.52. The molecule has 0 unspecified atom stereocenters. The summed E-state index contributed by atoms with van der Waals surface area (Å²) in [6, 6.07) is 16.0. The molecule has 1 fully saturated rings. The molecule has 3 aromatic rings. The second kappa shape index (κ2) is 9.37. The Hall–Kier alpha value is -3.75. The fourth-order valence-corrected chi connectivity index (χ4v) is 5.11. The molecule has 2 heterocycles. The van der Waals surface area contributed by atoms with Crippen molar-refractivity contribution >= 4 is 11.5 Å². The Morgan fingerprint density at radius 1 is 1.14 bits per heavy atom. The van der Waals surface area contributed by atoms with Crippen LogP contribution in [-0.4, -0.2) is 21.7 Å². The molecular weight excluding hydrogens is 462 g/mol. The first-order valence-electron chi connectivity index (χ1n) is 12.3. The third kappa shape index (κ3) is 4.45. The van der Waals surface area contributed by atoms with E-state index in [-0.39, 0.29) is 33.9 Å². The van der Waals surface area contributed by atoms with E-state index in [2.05, 4.69) is 10.6 Å². The SMILES string of the molecule is Cn1c(=O)/c(=C(/NCCc2ccc(C(C)(F)F)cc2)Nc2ccccc2)c(=N)n2c1=N[C@@H]1CCC[C@@H]12. The van der Waals surface area contributed by atoms with Crippen LogP contribution in [0.5, 0.6) is 0 Å². The molecule has 7 nitrogen and oxygen atoms in total. The molecule has 0 bridgehead atoms. The van der Waals surface area contributed by atoms with E-state index < -0.39 is 5.92 Å². The van der Waals surface area contributed by atoms with Gasteiger partial charge in [-0.05, 0) is 43.4 Å². The van der Waals surface area contributed by atoms with Gasteiger partial charge in [0.25, 0.3) is 11.5 Å². The number of hydrogen-bond donors (Lipinski definition) is 3. The van der Waals surface area contributed by atoms with Crippen molar-refractivity contribution in [2.45, 2.75) is 50.6 Å². The number of fused-ring (bicyclic) bond motifs is 3. The molecular formula is C27H30F2N6O. The number of alkyl halides is 2. The number of benzene rings is 2. The summed E-state index contributed by atoms with van der Waals surface area (Å²) in [5.41, 5.74) is 2.05. The zero-order valence-electron chi connectivity index (χ0n) is 20.4. The maximum atomic E-state index is 13.5. The summed E-state index contributed by atoms with van der Waals surface area (Å²) in [4.78, 5) is 18.2. The van der Waals surface area contributed by atoms with Crippen LogP contribution < -0.4 is 32.5 Å². The molecule has 2 aliphatic rings. The smallest absolute Gasteiger partial charge is 0.270 e. The molecule has 2 atom stereocenters. The van der Waals surface area contributed by atoms with Crippen LogP contribution in [0.2, 0.25) is 0 Å². The third-order valence-corrected chi connectivity index (χ3v) is 7.04. The second-order valence-corrected chi connectivity index (χ2v) is 9.58. The standard InChI is InChI=1S/C27H30F2N6O/c1-27(28,29)18-13-11-17(12-14-18)15-16-31-24(32-19-7-4-3-5-8-19)22-23(30)35-21-10-6-9-20(21)33-26(35)34(2)25(22)36/h3-5,7-8,11-14,20-21,30-32H,6,9-10,15-16H2,1-2H3/b24-22-,30-23?/t20-,21+/m1/s1. The average Bonchev–Trinajstić information content (AvgIpc) is 3.45. The lowest BCUT2D eigenvalue weighted by Crippen LogP contribution is -2.59. The molecule has 1 saturated carbocycles. The Kier molecular flexibility index (Phi) is 6.24. The molecule has 0 spiro atoms. The van der Waals surface area contributed by atoms with E-state index in [0.29, 0.717) is 24.4 Å². The Bertz CT molecular complexity index is 1500. The molecule has 0 radical (unpaired) electrons. The summed E-state index contributed by atoms with van der Waals surface area (Å²) in [5.74, 6) is -2.43. The lowest BCUT2D eigenvalue weighted by atomic mass is 10.1. The maximum absolute atomic E-state index is 13.5. The number of hydrogen-bond acceptors (Lipinski definition) is 5. The highest BCUT2D eigenvalue weighted by molar-refractivity contribution is 5.62. The van der Waals surface area contributed by atoms with Gasteiger partial charge in [-0.15, -0.1) is 0 Å². The monoisotopic (exact) mass is 492 g/mol. The van der Waals surface area contributed by atoms with Crippen LogP contribution in [0.3, 0.4) is 0 Å². The van der Waals surface area contributed by atoms with Crippen molar-refractivity contribution in [3.63, 3.8) is 0 Å². The van der Waals surface area contributed by atoms with Crippen molar-refractivity contribution in [1.82, 2.24) is 14.5 Å². The van der Waals surface area contributed by atoms with Crippen LogP contribution in [-0.2, 0) is 19.4 Å². The van der Waals surface area contributed by atoms with Crippen molar-refractivity contribution in [3.05, 3.63) is 92.4 Å². The zero-order valence-corrected chi connectivity index (χ0v) is 20.4. The second-order valence-electron chi connectivity index (χ2n) is 9.58. The highest BCUT2D eigenvalue weighted by Crippen LogP contribution is 2.32. The van der Waals surface area contributed by atoms with Crippen LogP contribution >= 0.6 is 0 Å². The fourth-order valence-electron chi connectivity index (χ4n) is 5.11. The molecule has 1 aliphatic carbocycles. The fraction of sp³-hybridized carbons (Fsp3) is 0.370. The first-order chi connectivity index (χ1) is 17.2. The van der Waals surface area contributed by atoms with Crippen molar-refractivity contribution < 1.29 is 8.78 Å². The molecule has 0 amide bonds. The average molecular weight is 493 g/mol. The van der Waals surface area contributed by atoms with Gasteiger partial charge >= 0.3 is 0 Å². The predicted octanol–water partition coefficient (Wildman–Crippen LogP) is 2.51. The van der Waals surface area contributed by atoms with Crippen LogP contribution in [0.1, 0.15) is 43.4 Å². The zero-order chi connectivity index (χ0) is 25.4. The Labute approximate surface area is 207 Å². The van der Waals surface area contributed by atoms with E-state index in [0.717, 1.165) is 37.4 Å². The van der Waals surface area contributed by atoms with Crippen molar-refractivity contribution in [2.24, 2.45) is 12.0 Å². The van der Waals surface area contributed by atoms with Crippen molar-refractivity contribution in [3.8, 4) is 0 Å². The largest absolute Gasteiger partial charge is 0.371 e. The molecule has 0 saturated heterocycles. The van der Waals surface area contributed by atoms with Crippen LogP contribution in [0.15, 0.2) is 64.4 Å². The number of aromatic nitrogens is 2. The van der Waals surface area contributed by atoms with E-state index in [4.69, 9.17) is 10.4 Å². The number of nitrogens with zero attached hydrogens (tertiary/aromatic N) is 3. The minimum absolute atomic E-state index is 0.0228. The van der Waals surface area contributed by atoms with E-state index in [1.165, 1.54) is 16.7 Å². The lowest BCUT2D eigenvalue weighted by molar-refractivity contribution is 0.0174. The highest BCUT2D eigenvalue weighted by Gasteiger charge is 2.35. The van der Waals surface area contributed by atoms with E-state index >= 15 is 0 Å². The molecule has 2 aromatic carbocycles. The minimum Gasteiger partial charge on any atom is -0.371 e. The lowest BCUT2D eigenvalue weighted by Gasteiger charge is -2.17. The van der Waals surface area contributed by atoms with E-state index in [1.807, 2.05) is 34.9 Å². The van der Waals surface area contributed by atoms with Gasteiger partial charge in [0.15, 0.2) is 0 Å². The molecule has 9 heteroatoms. The normalized spacial score (nSPS) is 19.3. The van der Waals surface area contributed by atoms with Crippen molar-refractivity contribution in [1.29, 1.82) is 5.41 Å². The van der Waals surface area contributed by atoms with Gasteiger partial charge in [-0.25, -0.2) is 13.8 Å². The topological polar surface area (TPSA) is 87.2 Å². The summed E-state index contributed by atoms with van der Waals surface area (Å²) in [6.45, 7) is 1.33. The summed E-state index contributed by atoms with van der Waals surface area (Å²) >= 11 is 0. The number of nitrogens with one attached hydrogen (secondary N) is 3. The van der Waals surface area contributed by atoms with Gasteiger partial charge in [0.05, 0.1) is 12.1 Å². The van der Waals surface area contributed by atoms with Crippen LogP contribution in [0.25, 0.3) is 5.82 Å². The van der Waals surface area contributed by atoms with Crippen molar-refractivity contribution in [2.75, 3.05) is 11.9 Å². The number of rotatable bonds is 7. The highest BCUT2D eigenvalue weighted by atomic mass is 19.3. The van der Waals surface area contributed by atoms with Gasteiger partial charge in [0, 0.05) is 31.8 Å². The van der Waals surface area contributed by atoms with Gasteiger partial charge in [0.1, 0.15) is 16.5 Å². The van der Waals surface area contributed by atoms with Gasteiger partial charge in [-0.1, -0.05) is 42.5 Å². The number of anilines is 1. The van der Waals surface area contributed by atoms with E-state index in [9.17, 15) is 13.6 Å². The molecule has 36 heavy (non-hydrogen) atoms. The molecule has 3 N–H and O–H groups in total. The third-order valence-electron chi connectivity index (χ3n) is 7.04. The first kappa shape index (κ1) is 24.0. The van der Waals surface area contributed by atoms with Crippen LogP contribution in [0, 0.1) is 5.41 Å². The molecule has 1 aliphatic heterocycles. The van der Waals surface area contributed by atoms with Gasteiger partial charge < -0.3 is 10.6 Å². The number of halogens is 2. The minimum atomic E-state index is -2.88. The quantitative estimate of drug-likeness (QED) is 0.474. The molecule has 1 aromatic heterocycles. The first-order valence-corrected chi connectivity index (χ1v) is 12.3. The Morgan fingerprint density at radius 2 is 1.86 bits per heavy atom. The van der Waals surface area contributed by atoms with E-state index in [1.54, 1.807) is 19.2 Å². The maximum Gasteiger partial charge on any atom is 0.270 e. The summed E-state index contributed by atoms with van der Waals surface area (Å²) in [5, 5.41) is 15.9. The Morgan fingerprint density at radius 3 is 2.56 bits per heavy atom.